The number of rotatable bonds is 4. The summed E-state index contributed by atoms with van der Waals surface area (Å²) in [5.74, 6) is 1.03. The zero-order chi connectivity index (χ0) is 14.5. The van der Waals surface area contributed by atoms with Crippen molar-refractivity contribution in [1.29, 1.82) is 0 Å². The van der Waals surface area contributed by atoms with E-state index in [1.807, 2.05) is 60.7 Å². The van der Waals surface area contributed by atoms with Crippen LogP contribution in [0.4, 0.5) is 11.4 Å². The Balaban J connectivity index is 1.79. The van der Waals surface area contributed by atoms with Gasteiger partial charge in [0.25, 0.3) is 5.91 Å². The van der Waals surface area contributed by atoms with Crippen LogP contribution in [-0.4, -0.2) is 16.5 Å². The van der Waals surface area contributed by atoms with Crippen LogP contribution in [0.25, 0.3) is 0 Å². The van der Waals surface area contributed by atoms with Crippen LogP contribution >= 0.6 is 11.8 Å². The molecule has 1 aliphatic heterocycles. The normalized spacial score (nSPS) is 21.0. The van der Waals surface area contributed by atoms with Gasteiger partial charge in [-0.05, 0) is 42.9 Å². The Labute approximate surface area is 129 Å². The van der Waals surface area contributed by atoms with E-state index in [-0.39, 0.29) is 5.91 Å². The van der Waals surface area contributed by atoms with E-state index in [0.717, 1.165) is 30.0 Å². The second-order valence-electron chi connectivity index (χ2n) is 5.09. The lowest BCUT2D eigenvalue weighted by Crippen LogP contribution is -2.44. The molecule has 1 fully saturated rings. The lowest BCUT2D eigenvalue weighted by molar-refractivity contribution is -0.117. The molecule has 2 N–H and O–H groups in total. The van der Waals surface area contributed by atoms with Gasteiger partial charge in [0.2, 0.25) is 0 Å². The van der Waals surface area contributed by atoms with Crippen molar-refractivity contribution in [2.75, 3.05) is 16.4 Å². The predicted octanol–water partition coefficient (Wildman–Crippen LogP) is 3.96. The topological polar surface area (TPSA) is 41.1 Å². The zero-order valence-electron chi connectivity index (χ0n) is 11.7. The van der Waals surface area contributed by atoms with Crippen molar-refractivity contribution >= 4 is 29.0 Å². The standard InChI is InChI=1S/C17H18N2OS/c20-16(18-14-8-3-1-4-9-14)17(12-7-13-21-17)19-15-10-5-2-6-11-15/h1-6,8-11,19H,7,12-13H2,(H,18,20). The highest BCUT2D eigenvalue weighted by Gasteiger charge is 2.42. The van der Waals surface area contributed by atoms with Gasteiger partial charge in [-0.2, -0.15) is 0 Å². The van der Waals surface area contributed by atoms with E-state index >= 15 is 0 Å². The van der Waals surface area contributed by atoms with Gasteiger partial charge in [0, 0.05) is 11.4 Å². The molecule has 0 radical (unpaired) electrons. The fourth-order valence-electron chi connectivity index (χ4n) is 2.48. The minimum atomic E-state index is -0.572. The van der Waals surface area contributed by atoms with Crippen LogP contribution < -0.4 is 10.6 Å². The molecule has 3 nitrogen and oxygen atoms in total. The second-order valence-corrected chi connectivity index (χ2v) is 6.48. The molecule has 2 aromatic rings. The molecular formula is C17H18N2OS. The maximum Gasteiger partial charge on any atom is 0.260 e. The summed E-state index contributed by atoms with van der Waals surface area (Å²) in [7, 11) is 0. The number of anilines is 2. The van der Waals surface area contributed by atoms with Crippen molar-refractivity contribution in [1.82, 2.24) is 0 Å². The first-order valence-electron chi connectivity index (χ1n) is 7.12. The first-order valence-corrected chi connectivity index (χ1v) is 8.11. The first kappa shape index (κ1) is 14.0. The van der Waals surface area contributed by atoms with Crippen LogP contribution in [0.15, 0.2) is 60.7 Å². The molecule has 0 aromatic heterocycles. The molecule has 1 saturated heterocycles. The molecule has 0 aliphatic carbocycles. The molecule has 0 bridgehead atoms. The summed E-state index contributed by atoms with van der Waals surface area (Å²) < 4.78 is 0. The molecule has 3 rings (SSSR count). The number of amides is 1. The molecule has 108 valence electrons. The number of carbonyl (C=O) groups excluding carboxylic acids is 1. The molecule has 0 saturated carbocycles. The molecule has 1 unspecified atom stereocenters. The molecule has 1 atom stereocenters. The second kappa shape index (κ2) is 6.22. The lowest BCUT2D eigenvalue weighted by atomic mass is 10.1. The van der Waals surface area contributed by atoms with E-state index in [4.69, 9.17) is 0 Å². The Hall–Kier alpha value is -1.94. The fourth-order valence-corrected chi connectivity index (χ4v) is 3.78. The Kier molecular flexibility index (Phi) is 4.15. The van der Waals surface area contributed by atoms with Crippen molar-refractivity contribution in [2.45, 2.75) is 17.7 Å². The SMILES string of the molecule is O=C(Nc1ccccc1)C1(Nc2ccccc2)CCCS1. The number of thioether (sulfide) groups is 1. The molecule has 1 aliphatic rings. The van der Waals surface area contributed by atoms with Crippen LogP contribution in [0, 0.1) is 0 Å². The predicted molar refractivity (Wildman–Crippen MR) is 89.6 cm³/mol. The number of carbonyl (C=O) groups is 1. The molecule has 0 spiro atoms. The molecule has 4 heteroatoms. The third-order valence-corrected chi connectivity index (χ3v) is 5.02. The molecular weight excluding hydrogens is 280 g/mol. The molecule has 21 heavy (non-hydrogen) atoms. The first-order chi connectivity index (χ1) is 10.3. The summed E-state index contributed by atoms with van der Waals surface area (Å²) in [5, 5.41) is 6.45. The van der Waals surface area contributed by atoms with Crippen LogP contribution in [0.3, 0.4) is 0 Å². The Morgan fingerprint density at radius 2 is 1.57 bits per heavy atom. The molecule has 2 aromatic carbocycles. The maximum absolute atomic E-state index is 12.7. The number of para-hydroxylation sites is 2. The van der Waals surface area contributed by atoms with E-state index in [9.17, 15) is 4.79 Å². The quantitative estimate of drug-likeness (QED) is 0.897. The van der Waals surface area contributed by atoms with Gasteiger partial charge in [0.1, 0.15) is 0 Å². The number of hydrogen-bond donors (Lipinski definition) is 2. The Bertz CT molecular complexity index is 595. The monoisotopic (exact) mass is 298 g/mol. The minimum Gasteiger partial charge on any atom is -0.363 e. The van der Waals surface area contributed by atoms with E-state index < -0.39 is 4.87 Å². The average Bonchev–Trinajstić information content (AvgIpc) is 2.99. The summed E-state index contributed by atoms with van der Waals surface area (Å²) in [5.41, 5.74) is 1.82. The lowest BCUT2D eigenvalue weighted by Gasteiger charge is -2.29. The largest absolute Gasteiger partial charge is 0.363 e. The highest BCUT2D eigenvalue weighted by molar-refractivity contribution is 8.01. The van der Waals surface area contributed by atoms with Crippen molar-refractivity contribution < 1.29 is 4.79 Å². The van der Waals surface area contributed by atoms with Gasteiger partial charge in [-0.25, -0.2) is 0 Å². The van der Waals surface area contributed by atoms with Gasteiger partial charge in [-0.15, -0.1) is 11.8 Å². The van der Waals surface area contributed by atoms with Crippen LogP contribution in [0.2, 0.25) is 0 Å². The Morgan fingerprint density at radius 1 is 0.952 bits per heavy atom. The zero-order valence-corrected chi connectivity index (χ0v) is 12.5. The van der Waals surface area contributed by atoms with Crippen molar-refractivity contribution in [3.8, 4) is 0 Å². The summed E-state index contributed by atoms with van der Waals surface area (Å²) in [6.07, 6.45) is 1.89. The Morgan fingerprint density at radius 3 is 2.14 bits per heavy atom. The van der Waals surface area contributed by atoms with Gasteiger partial charge in [-0.3, -0.25) is 4.79 Å². The van der Waals surface area contributed by atoms with Crippen LogP contribution in [-0.2, 0) is 4.79 Å². The van der Waals surface area contributed by atoms with Gasteiger partial charge in [0.05, 0.1) is 0 Å². The van der Waals surface area contributed by atoms with E-state index in [2.05, 4.69) is 10.6 Å². The van der Waals surface area contributed by atoms with E-state index in [0.29, 0.717) is 0 Å². The van der Waals surface area contributed by atoms with Crippen molar-refractivity contribution in [3.05, 3.63) is 60.7 Å². The maximum atomic E-state index is 12.7. The smallest absolute Gasteiger partial charge is 0.260 e. The summed E-state index contributed by atoms with van der Waals surface area (Å²) in [6.45, 7) is 0. The van der Waals surface area contributed by atoms with Gasteiger partial charge in [0.15, 0.2) is 4.87 Å². The van der Waals surface area contributed by atoms with E-state index in [1.165, 1.54) is 0 Å². The number of nitrogens with one attached hydrogen (secondary N) is 2. The fraction of sp³-hybridized carbons (Fsp3) is 0.235. The number of hydrogen-bond acceptors (Lipinski definition) is 3. The highest BCUT2D eigenvalue weighted by atomic mass is 32.2. The van der Waals surface area contributed by atoms with Crippen molar-refractivity contribution in [3.63, 3.8) is 0 Å². The van der Waals surface area contributed by atoms with Crippen LogP contribution in [0.1, 0.15) is 12.8 Å². The summed E-state index contributed by atoms with van der Waals surface area (Å²) >= 11 is 1.69. The van der Waals surface area contributed by atoms with Gasteiger partial charge >= 0.3 is 0 Å². The van der Waals surface area contributed by atoms with Crippen molar-refractivity contribution in [2.24, 2.45) is 0 Å². The molecule has 1 heterocycles. The minimum absolute atomic E-state index is 0.0278. The summed E-state index contributed by atoms with van der Waals surface area (Å²) in [6, 6.07) is 19.5. The van der Waals surface area contributed by atoms with Gasteiger partial charge < -0.3 is 10.6 Å². The highest BCUT2D eigenvalue weighted by Crippen LogP contribution is 2.39. The average molecular weight is 298 g/mol. The molecule has 1 amide bonds. The van der Waals surface area contributed by atoms with Crippen LogP contribution in [0.5, 0.6) is 0 Å². The third-order valence-electron chi connectivity index (χ3n) is 3.54. The van der Waals surface area contributed by atoms with E-state index in [1.54, 1.807) is 11.8 Å². The summed E-state index contributed by atoms with van der Waals surface area (Å²) in [4.78, 5) is 12.2. The third kappa shape index (κ3) is 3.22. The number of benzene rings is 2. The van der Waals surface area contributed by atoms with Gasteiger partial charge in [-0.1, -0.05) is 36.4 Å².